The molecule has 198 valence electrons. The van der Waals surface area contributed by atoms with Gasteiger partial charge in [-0.15, -0.1) is 0 Å². The topological polar surface area (TPSA) is 63.1 Å². The van der Waals surface area contributed by atoms with E-state index in [0.29, 0.717) is 11.8 Å². The molecule has 0 unspecified atom stereocenters. The van der Waals surface area contributed by atoms with Crippen LogP contribution >= 0.6 is 0 Å². The molecule has 4 heteroatoms. The summed E-state index contributed by atoms with van der Waals surface area (Å²) in [6, 6.07) is 9.08. The fraction of sp³-hybridized carbons (Fsp3) is 0.656. The molecule has 0 atom stereocenters. The Balaban J connectivity index is 1.46. The molecule has 2 aromatic rings. The number of carboxylic acids is 1. The lowest BCUT2D eigenvalue weighted by molar-refractivity contribution is -0.137. The molecule has 1 heterocycles. The van der Waals surface area contributed by atoms with E-state index >= 15 is 0 Å². The number of hydrogen-bond donors (Lipinski definition) is 1. The van der Waals surface area contributed by atoms with Crippen LogP contribution in [0.2, 0.25) is 0 Å². The summed E-state index contributed by atoms with van der Waals surface area (Å²) in [5.41, 5.74) is 4.15. The summed E-state index contributed by atoms with van der Waals surface area (Å²) in [6.07, 6.45) is 26.6. The lowest BCUT2D eigenvalue weighted by Gasteiger charge is -2.30. The fourth-order valence-corrected chi connectivity index (χ4v) is 5.90. The van der Waals surface area contributed by atoms with Crippen LogP contribution in [0.4, 0.5) is 0 Å². The Bertz CT molecular complexity index is 870. The van der Waals surface area contributed by atoms with E-state index in [9.17, 15) is 4.79 Å². The first-order valence-electron chi connectivity index (χ1n) is 14.8. The number of hydrogen-bond acceptors (Lipinski definition) is 3. The molecule has 36 heavy (non-hydrogen) atoms. The third kappa shape index (κ3) is 9.33. The molecule has 0 radical (unpaired) electrons. The highest BCUT2D eigenvalue weighted by molar-refractivity contribution is 5.66. The molecule has 0 aliphatic heterocycles. The van der Waals surface area contributed by atoms with Gasteiger partial charge in [-0.2, -0.15) is 0 Å². The summed E-state index contributed by atoms with van der Waals surface area (Å²) in [5, 5.41) is 8.78. The van der Waals surface area contributed by atoms with Gasteiger partial charge < -0.3 is 5.11 Å². The number of carbonyl (C=O) groups is 1. The first-order chi connectivity index (χ1) is 17.6. The average Bonchev–Trinajstić information content (AvgIpc) is 3.38. The van der Waals surface area contributed by atoms with E-state index in [-0.39, 0.29) is 0 Å². The largest absolute Gasteiger partial charge is 0.481 e. The molecule has 1 aliphatic carbocycles. The second-order valence-corrected chi connectivity index (χ2v) is 11.0. The number of aryl methyl sites for hydroxylation is 1. The van der Waals surface area contributed by atoms with Crippen LogP contribution in [-0.2, 0) is 16.6 Å². The Morgan fingerprint density at radius 1 is 0.806 bits per heavy atom. The fourth-order valence-electron chi connectivity index (χ4n) is 5.90. The lowest BCUT2D eigenvalue weighted by Crippen LogP contribution is -2.21. The number of aliphatic carboxylic acids is 1. The molecule has 1 aromatic carbocycles. The van der Waals surface area contributed by atoms with Crippen molar-refractivity contribution in [3.05, 3.63) is 47.8 Å². The van der Waals surface area contributed by atoms with Crippen LogP contribution in [0.3, 0.4) is 0 Å². The van der Waals surface area contributed by atoms with E-state index in [1.165, 1.54) is 101 Å². The maximum atomic E-state index is 10.7. The molecule has 0 spiro atoms. The van der Waals surface area contributed by atoms with Crippen LogP contribution in [0.5, 0.6) is 0 Å². The van der Waals surface area contributed by atoms with Crippen LogP contribution in [-0.4, -0.2) is 21.0 Å². The molecular formula is C32H48N2O2. The number of aromatic nitrogens is 2. The average molecular weight is 493 g/mol. The lowest BCUT2D eigenvalue weighted by atomic mass is 9.74. The molecule has 1 aliphatic rings. The zero-order valence-corrected chi connectivity index (χ0v) is 22.6. The van der Waals surface area contributed by atoms with Crippen molar-refractivity contribution in [2.24, 2.45) is 0 Å². The summed E-state index contributed by atoms with van der Waals surface area (Å²) < 4.78 is 0. The van der Waals surface area contributed by atoms with Gasteiger partial charge in [0.05, 0.1) is 0 Å². The molecular weight excluding hydrogens is 444 g/mol. The molecule has 0 amide bonds. The van der Waals surface area contributed by atoms with Gasteiger partial charge in [0.1, 0.15) is 0 Å². The Labute approximate surface area is 219 Å². The first-order valence-corrected chi connectivity index (χ1v) is 14.8. The Hall–Kier alpha value is -2.23. The zero-order chi connectivity index (χ0) is 25.5. The van der Waals surface area contributed by atoms with E-state index in [4.69, 9.17) is 5.11 Å². The zero-order valence-electron chi connectivity index (χ0n) is 22.6. The molecule has 3 rings (SSSR count). The third-order valence-corrected chi connectivity index (χ3v) is 8.14. The van der Waals surface area contributed by atoms with Crippen LogP contribution in [0.25, 0.3) is 11.4 Å². The highest BCUT2D eigenvalue weighted by atomic mass is 16.4. The number of nitrogens with zero attached hydrogens (tertiary/aromatic N) is 2. The van der Waals surface area contributed by atoms with E-state index in [0.717, 1.165) is 37.1 Å². The van der Waals surface area contributed by atoms with Gasteiger partial charge in [0.15, 0.2) is 5.82 Å². The SMILES string of the molecule is CCCCCCCCCc1cnc(-c2ccc(C3(CCCCCCCC(=O)O)CCCC3)cc2)nc1. The van der Waals surface area contributed by atoms with Crippen molar-refractivity contribution in [3.63, 3.8) is 0 Å². The van der Waals surface area contributed by atoms with Crippen molar-refractivity contribution in [2.75, 3.05) is 0 Å². The molecule has 4 nitrogen and oxygen atoms in total. The molecule has 0 saturated heterocycles. The van der Waals surface area contributed by atoms with Gasteiger partial charge in [-0.05, 0) is 55.1 Å². The molecule has 0 bridgehead atoms. The van der Waals surface area contributed by atoms with Gasteiger partial charge in [-0.1, -0.05) is 108 Å². The number of benzene rings is 1. The number of rotatable bonds is 18. The Morgan fingerprint density at radius 3 is 2.03 bits per heavy atom. The van der Waals surface area contributed by atoms with Gasteiger partial charge in [0.25, 0.3) is 0 Å². The van der Waals surface area contributed by atoms with Crippen LogP contribution in [0.15, 0.2) is 36.7 Å². The summed E-state index contributed by atoms with van der Waals surface area (Å²) in [6.45, 7) is 2.27. The smallest absolute Gasteiger partial charge is 0.303 e. The Kier molecular flexibility index (Phi) is 12.4. The predicted molar refractivity (Wildman–Crippen MR) is 149 cm³/mol. The number of unbranched alkanes of at least 4 members (excludes halogenated alkanes) is 10. The maximum Gasteiger partial charge on any atom is 0.303 e. The predicted octanol–water partition coefficient (Wildman–Crippen LogP) is 9.06. The summed E-state index contributed by atoms with van der Waals surface area (Å²) in [4.78, 5) is 20.0. The minimum Gasteiger partial charge on any atom is -0.481 e. The van der Waals surface area contributed by atoms with E-state index in [2.05, 4.69) is 41.2 Å². The van der Waals surface area contributed by atoms with Crippen LogP contribution in [0.1, 0.15) is 134 Å². The normalized spacial score (nSPS) is 14.8. The quantitative estimate of drug-likeness (QED) is 0.211. The third-order valence-electron chi connectivity index (χ3n) is 8.14. The summed E-state index contributed by atoms with van der Waals surface area (Å²) in [7, 11) is 0. The van der Waals surface area contributed by atoms with Crippen molar-refractivity contribution in [1.82, 2.24) is 9.97 Å². The van der Waals surface area contributed by atoms with Gasteiger partial charge >= 0.3 is 5.97 Å². The van der Waals surface area contributed by atoms with Crippen molar-refractivity contribution < 1.29 is 9.90 Å². The van der Waals surface area contributed by atoms with E-state index in [1.807, 2.05) is 12.4 Å². The second kappa shape index (κ2) is 15.8. The summed E-state index contributed by atoms with van der Waals surface area (Å²) >= 11 is 0. The highest BCUT2D eigenvalue weighted by Gasteiger charge is 2.34. The molecule has 1 N–H and O–H groups in total. The van der Waals surface area contributed by atoms with Crippen LogP contribution in [0, 0.1) is 0 Å². The van der Waals surface area contributed by atoms with E-state index in [1.54, 1.807) is 0 Å². The summed E-state index contributed by atoms with van der Waals surface area (Å²) in [5.74, 6) is 0.153. The minimum absolute atomic E-state index is 0.307. The van der Waals surface area contributed by atoms with Gasteiger partial charge in [0.2, 0.25) is 0 Å². The van der Waals surface area contributed by atoms with Gasteiger partial charge in [-0.3, -0.25) is 4.79 Å². The van der Waals surface area contributed by atoms with Gasteiger partial charge in [-0.25, -0.2) is 9.97 Å². The monoisotopic (exact) mass is 492 g/mol. The second-order valence-electron chi connectivity index (χ2n) is 11.0. The standard InChI is InChI=1S/C32H48N2O2/c1-2-3-4-5-6-8-11-16-27-25-33-31(34-26-27)28-18-20-29(21-19-28)32(23-14-15-24-32)22-13-10-7-9-12-17-30(35)36/h18-21,25-26H,2-17,22-24H2,1H3,(H,35,36). The van der Waals surface area contributed by atoms with Crippen LogP contribution < -0.4 is 0 Å². The highest BCUT2D eigenvalue weighted by Crippen LogP contribution is 2.45. The van der Waals surface area contributed by atoms with E-state index < -0.39 is 5.97 Å². The van der Waals surface area contributed by atoms with Gasteiger partial charge in [0, 0.05) is 24.4 Å². The minimum atomic E-state index is -0.673. The molecule has 1 aromatic heterocycles. The van der Waals surface area contributed by atoms with Crippen molar-refractivity contribution in [3.8, 4) is 11.4 Å². The van der Waals surface area contributed by atoms with Crippen molar-refractivity contribution in [1.29, 1.82) is 0 Å². The van der Waals surface area contributed by atoms with Crippen molar-refractivity contribution in [2.45, 2.75) is 134 Å². The molecule has 1 fully saturated rings. The first kappa shape index (κ1) is 28.3. The van der Waals surface area contributed by atoms with Crippen molar-refractivity contribution >= 4 is 5.97 Å². The Morgan fingerprint density at radius 2 is 1.39 bits per heavy atom. The maximum absolute atomic E-state index is 10.7. The molecule has 1 saturated carbocycles. The number of carboxylic acid groups (broad SMARTS) is 1.